The van der Waals surface area contributed by atoms with E-state index in [1.807, 2.05) is 37.4 Å². The van der Waals surface area contributed by atoms with Crippen LogP contribution in [0, 0.1) is 0 Å². The van der Waals surface area contributed by atoms with Gasteiger partial charge in [0.15, 0.2) is 5.78 Å². The molecule has 4 nitrogen and oxygen atoms in total. The van der Waals surface area contributed by atoms with Gasteiger partial charge in [-0.2, -0.15) is 0 Å². The van der Waals surface area contributed by atoms with Crippen LogP contribution in [0.4, 0.5) is 5.69 Å². The zero-order valence-electron chi connectivity index (χ0n) is 16.0. The standard InChI is InChI=1S/C23H28N2O2/c1-25(19-13-7-2-3-8-14-19)17-22(26)24-21-16-10-9-15-20(21)23(27)18-11-5-4-6-12-18/h4-6,9-12,15-16,19H,2-3,7-8,13-14,17H2,1H3,(H,24,26). The third kappa shape index (κ3) is 5.27. The van der Waals surface area contributed by atoms with Gasteiger partial charge in [-0.25, -0.2) is 0 Å². The topological polar surface area (TPSA) is 49.4 Å². The fraction of sp³-hybridized carbons (Fsp3) is 0.391. The van der Waals surface area contributed by atoms with Crippen molar-refractivity contribution in [3.05, 3.63) is 65.7 Å². The minimum absolute atomic E-state index is 0.0740. The first-order valence-corrected chi connectivity index (χ1v) is 9.84. The van der Waals surface area contributed by atoms with Crippen LogP contribution in [-0.2, 0) is 4.79 Å². The Kier molecular flexibility index (Phi) is 6.77. The molecule has 1 aliphatic carbocycles. The van der Waals surface area contributed by atoms with Gasteiger partial charge in [0.2, 0.25) is 5.91 Å². The van der Waals surface area contributed by atoms with Crippen molar-refractivity contribution < 1.29 is 9.59 Å². The molecule has 0 saturated heterocycles. The van der Waals surface area contributed by atoms with Crippen LogP contribution in [-0.4, -0.2) is 36.2 Å². The number of para-hydroxylation sites is 1. The first kappa shape index (κ1) is 19.3. The van der Waals surface area contributed by atoms with Crippen molar-refractivity contribution in [2.75, 3.05) is 18.9 Å². The van der Waals surface area contributed by atoms with Crippen molar-refractivity contribution in [2.45, 2.75) is 44.6 Å². The van der Waals surface area contributed by atoms with E-state index in [-0.39, 0.29) is 11.7 Å². The number of nitrogens with zero attached hydrogens (tertiary/aromatic N) is 1. The van der Waals surface area contributed by atoms with Crippen LogP contribution in [0.1, 0.15) is 54.4 Å². The summed E-state index contributed by atoms with van der Waals surface area (Å²) in [6.07, 6.45) is 7.40. The summed E-state index contributed by atoms with van der Waals surface area (Å²) in [5.74, 6) is -0.154. The maximum Gasteiger partial charge on any atom is 0.238 e. The smallest absolute Gasteiger partial charge is 0.238 e. The quantitative estimate of drug-likeness (QED) is 0.606. The van der Waals surface area contributed by atoms with Crippen LogP contribution >= 0.6 is 0 Å². The van der Waals surface area contributed by atoms with Crippen LogP contribution in [0.25, 0.3) is 0 Å². The van der Waals surface area contributed by atoms with E-state index in [0.29, 0.717) is 29.4 Å². The monoisotopic (exact) mass is 364 g/mol. The normalized spacial score (nSPS) is 15.3. The average molecular weight is 364 g/mol. The van der Waals surface area contributed by atoms with Crippen molar-refractivity contribution in [1.29, 1.82) is 0 Å². The lowest BCUT2D eigenvalue weighted by molar-refractivity contribution is -0.117. The zero-order valence-corrected chi connectivity index (χ0v) is 16.0. The van der Waals surface area contributed by atoms with Gasteiger partial charge < -0.3 is 5.32 Å². The molecule has 1 aliphatic rings. The Bertz CT molecular complexity index is 765. The number of amides is 1. The molecule has 0 spiro atoms. The van der Waals surface area contributed by atoms with E-state index < -0.39 is 0 Å². The molecule has 0 heterocycles. The van der Waals surface area contributed by atoms with E-state index in [4.69, 9.17) is 0 Å². The largest absolute Gasteiger partial charge is 0.324 e. The van der Waals surface area contributed by atoms with Crippen LogP contribution in [0.3, 0.4) is 0 Å². The maximum absolute atomic E-state index is 12.8. The predicted octanol–water partition coefficient (Wildman–Crippen LogP) is 4.51. The van der Waals surface area contributed by atoms with Crippen molar-refractivity contribution in [2.24, 2.45) is 0 Å². The third-order valence-electron chi connectivity index (χ3n) is 5.32. The highest BCUT2D eigenvalue weighted by Gasteiger charge is 2.20. The highest BCUT2D eigenvalue weighted by atomic mass is 16.2. The molecule has 27 heavy (non-hydrogen) atoms. The number of benzene rings is 2. The highest BCUT2D eigenvalue weighted by molar-refractivity contribution is 6.13. The Labute approximate surface area is 161 Å². The Hall–Kier alpha value is -2.46. The maximum atomic E-state index is 12.8. The molecule has 2 aromatic carbocycles. The summed E-state index contributed by atoms with van der Waals surface area (Å²) in [6.45, 7) is 0.346. The van der Waals surface area contributed by atoms with Crippen LogP contribution in [0.5, 0.6) is 0 Å². The van der Waals surface area contributed by atoms with Crippen LogP contribution < -0.4 is 5.32 Å². The number of rotatable bonds is 6. The van der Waals surface area contributed by atoms with E-state index >= 15 is 0 Å². The Balaban J connectivity index is 1.66. The first-order valence-electron chi connectivity index (χ1n) is 9.84. The van der Waals surface area contributed by atoms with Gasteiger partial charge in [0.1, 0.15) is 0 Å². The number of likely N-dealkylation sites (N-methyl/N-ethyl adjacent to an activating group) is 1. The number of hydrogen-bond acceptors (Lipinski definition) is 3. The minimum Gasteiger partial charge on any atom is -0.324 e. The molecular formula is C23H28N2O2. The number of ketones is 1. The third-order valence-corrected chi connectivity index (χ3v) is 5.32. The van der Waals surface area contributed by atoms with Crippen LogP contribution in [0.15, 0.2) is 54.6 Å². The van der Waals surface area contributed by atoms with Gasteiger partial charge in [0.05, 0.1) is 12.2 Å². The van der Waals surface area contributed by atoms with E-state index in [1.165, 1.54) is 25.7 Å². The van der Waals surface area contributed by atoms with Gasteiger partial charge in [-0.1, -0.05) is 68.1 Å². The molecule has 142 valence electrons. The average Bonchev–Trinajstić information content (AvgIpc) is 2.98. The molecule has 1 amide bonds. The molecule has 2 aromatic rings. The molecule has 0 unspecified atom stereocenters. The second-order valence-corrected chi connectivity index (χ2v) is 7.35. The molecular weight excluding hydrogens is 336 g/mol. The fourth-order valence-electron chi connectivity index (χ4n) is 3.78. The molecule has 0 bridgehead atoms. The molecule has 4 heteroatoms. The molecule has 1 saturated carbocycles. The van der Waals surface area contributed by atoms with Gasteiger partial charge in [-0.3, -0.25) is 14.5 Å². The summed E-state index contributed by atoms with van der Waals surface area (Å²) in [7, 11) is 2.02. The van der Waals surface area contributed by atoms with E-state index in [9.17, 15) is 9.59 Å². The van der Waals surface area contributed by atoms with E-state index in [2.05, 4.69) is 10.2 Å². The Morgan fingerprint density at radius 2 is 1.56 bits per heavy atom. The summed E-state index contributed by atoms with van der Waals surface area (Å²) in [5, 5.41) is 2.95. The van der Waals surface area contributed by atoms with Gasteiger partial charge in [-0.05, 0) is 32.0 Å². The second-order valence-electron chi connectivity index (χ2n) is 7.35. The summed E-state index contributed by atoms with van der Waals surface area (Å²) in [6, 6.07) is 16.8. The van der Waals surface area contributed by atoms with Crippen molar-refractivity contribution in [3.63, 3.8) is 0 Å². The first-order chi connectivity index (χ1) is 13.1. The van der Waals surface area contributed by atoms with E-state index in [1.54, 1.807) is 24.3 Å². The van der Waals surface area contributed by atoms with Gasteiger partial charge in [0, 0.05) is 17.2 Å². The SMILES string of the molecule is CN(CC(=O)Nc1ccccc1C(=O)c1ccccc1)C1CCCCCC1. The molecule has 3 rings (SSSR count). The van der Waals surface area contributed by atoms with E-state index in [0.717, 1.165) is 12.8 Å². The van der Waals surface area contributed by atoms with Crippen LogP contribution in [0.2, 0.25) is 0 Å². The minimum atomic E-state index is -0.0800. The number of carbonyl (C=O) groups excluding carboxylic acids is 2. The summed E-state index contributed by atoms with van der Waals surface area (Å²) >= 11 is 0. The van der Waals surface area contributed by atoms with Gasteiger partial charge >= 0.3 is 0 Å². The lowest BCUT2D eigenvalue weighted by Gasteiger charge is -2.26. The van der Waals surface area contributed by atoms with Gasteiger partial charge in [0.25, 0.3) is 0 Å². The molecule has 1 fully saturated rings. The Morgan fingerprint density at radius 3 is 2.26 bits per heavy atom. The zero-order chi connectivity index (χ0) is 19.1. The summed E-state index contributed by atoms with van der Waals surface area (Å²) < 4.78 is 0. The summed E-state index contributed by atoms with van der Waals surface area (Å²) in [4.78, 5) is 27.5. The van der Waals surface area contributed by atoms with Crippen molar-refractivity contribution in [1.82, 2.24) is 4.90 Å². The molecule has 0 aliphatic heterocycles. The fourth-order valence-corrected chi connectivity index (χ4v) is 3.78. The Morgan fingerprint density at radius 1 is 0.926 bits per heavy atom. The number of carbonyl (C=O) groups is 2. The molecule has 0 radical (unpaired) electrons. The number of hydrogen-bond donors (Lipinski definition) is 1. The molecule has 0 atom stereocenters. The van der Waals surface area contributed by atoms with Crippen molar-refractivity contribution in [3.8, 4) is 0 Å². The second kappa shape index (κ2) is 9.47. The lowest BCUT2D eigenvalue weighted by atomic mass is 10.0. The predicted molar refractivity (Wildman–Crippen MR) is 109 cm³/mol. The van der Waals surface area contributed by atoms with Crippen molar-refractivity contribution >= 4 is 17.4 Å². The lowest BCUT2D eigenvalue weighted by Crippen LogP contribution is -2.38. The van der Waals surface area contributed by atoms with Gasteiger partial charge in [-0.15, -0.1) is 0 Å². The molecule has 1 N–H and O–H groups in total. The highest BCUT2D eigenvalue weighted by Crippen LogP contribution is 2.22. The number of anilines is 1. The molecule has 0 aromatic heterocycles. The number of nitrogens with one attached hydrogen (secondary N) is 1. The summed E-state index contributed by atoms with van der Waals surface area (Å²) in [5.41, 5.74) is 1.72.